The lowest BCUT2D eigenvalue weighted by Gasteiger charge is -2.25. The van der Waals surface area contributed by atoms with E-state index in [9.17, 15) is 9.59 Å². The molecule has 0 bridgehead atoms. The first kappa shape index (κ1) is 14.3. The smallest absolute Gasteiger partial charge is 0.321 e. The van der Waals surface area contributed by atoms with E-state index in [1.165, 1.54) is 4.90 Å². The van der Waals surface area contributed by atoms with Crippen LogP contribution >= 0.6 is 0 Å². The minimum Gasteiger partial charge on any atom is -0.352 e. The molecule has 6 heteroatoms. The Balaban J connectivity index is 1.88. The van der Waals surface area contributed by atoms with E-state index < -0.39 is 0 Å². The second-order valence-corrected chi connectivity index (χ2v) is 5.10. The molecule has 0 aliphatic carbocycles. The third-order valence-corrected chi connectivity index (χ3v) is 3.20. The summed E-state index contributed by atoms with van der Waals surface area (Å²) in [6.45, 7) is 1.98. The molecule has 1 saturated heterocycles. The third kappa shape index (κ3) is 3.71. The number of hydrogen-bond acceptors (Lipinski definition) is 3. The molecule has 3 amide bonds. The Labute approximate surface area is 118 Å². The molecule has 1 aromatic rings. The standard InChI is InChI=1S/C14H20N4O2/c1-18(2)14(20)17-12-5-3-4-10(6-12)7-16-13(19)11-8-15-9-11/h3-6,11,15H,7-9H2,1-2H3,(H,16,19)(H,17,20). The van der Waals surface area contributed by atoms with Crippen molar-refractivity contribution in [1.82, 2.24) is 15.5 Å². The van der Waals surface area contributed by atoms with Gasteiger partial charge >= 0.3 is 6.03 Å². The van der Waals surface area contributed by atoms with E-state index in [4.69, 9.17) is 0 Å². The largest absolute Gasteiger partial charge is 0.352 e. The summed E-state index contributed by atoms with van der Waals surface area (Å²) in [6, 6.07) is 7.29. The lowest BCUT2D eigenvalue weighted by Crippen LogP contribution is -2.50. The molecule has 0 atom stereocenters. The Bertz CT molecular complexity index is 498. The van der Waals surface area contributed by atoms with Gasteiger partial charge in [0, 0.05) is 39.4 Å². The van der Waals surface area contributed by atoms with Gasteiger partial charge in [0.2, 0.25) is 5.91 Å². The summed E-state index contributed by atoms with van der Waals surface area (Å²) in [6.07, 6.45) is 0. The normalized spacial score (nSPS) is 14.3. The molecule has 0 unspecified atom stereocenters. The average Bonchev–Trinajstić information content (AvgIpc) is 2.34. The molecule has 0 spiro atoms. The number of nitrogens with one attached hydrogen (secondary N) is 3. The van der Waals surface area contributed by atoms with Crippen LogP contribution in [0.25, 0.3) is 0 Å². The van der Waals surface area contributed by atoms with E-state index in [1.807, 2.05) is 24.3 Å². The molecule has 1 aliphatic rings. The number of nitrogens with zero attached hydrogens (tertiary/aromatic N) is 1. The molecule has 0 saturated carbocycles. The van der Waals surface area contributed by atoms with E-state index in [0.29, 0.717) is 6.54 Å². The number of urea groups is 1. The minimum atomic E-state index is -0.174. The van der Waals surface area contributed by atoms with Gasteiger partial charge in [-0.3, -0.25) is 4.79 Å². The fourth-order valence-electron chi connectivity index (χ4n) is 1.80. The van der Waals surface area contributed by atoms with Crippen LogP contribution in [0.5, 0.6) is 0 Å². The first-order valence-electron chi connectivity index (χ1n) is 6.62. The maximum Gasteiger partial charge on any atom is 0.321 e. The first-order chi connectivity index (χ1) is 9.56. The second-order valence-electron chi connectivity index (χ2n) is 5.10. The molecule has 20 heavy (non-hydrogen) atoms. The lowest BCUT2D eigenvalue weighted by molar-refractivity contribution is -0.126. The highest BCUT2D eigenvalue weighted by Gasteiger charge is 2.24. The topological polar surface area (TPSA) is 73.5 Å². The van der Waals surface area contributed by atoms with Crippen LogP contribution in [-0.2, 0) is 11.3 Å². The summed E-state index contributed by atoms with van der Waals surface area (Å²) in [7, 11) is 3.37. The summed E-state index contributed by atoms with van der Waals surface area (Å²) >= 11 is 0. The van der Waals surface area contributed by atoms with Crippen molar-refractivity contribution in [2.24, 2.45) is 5.92 Å². The van der Waals surface area contributed by atoms with Gasteiger partial charge in [-0.25, -0.2) is 4.79 Å². The zero-order valence-electron chi connectivity index (χ0n) is 11.8. The van der Waals surface area contributed by atoms with Gasteiger partial charge in [0.05, 0.1) is 5.92 Å². The number of rotatable bonds is 4. The fourth-order valence-corrected chi connectivity index (χ4v) is 1.80. The molecular weight excluding hydrogens is 256 g/mol. The van der Waals surface area contributed by atoms with Crippen molar-refractivity contribution in [3.8, 4) is 0 Å². The van der Waals surface area contributed by atoms with Crippen molar-refractivity contribution in [3.05, 3.63) is 29.8 Å². The van der Waals surface area contributed by atoms with E-state index in [1.54, 1.807) is 14.1 Å². The van der Waals surface area contributed by atoms with Gasteiger partial charge in [0.1, 0.15) is 0 Å². The molecule has 1 fully saturated rings. The summed E-state index contributed by atoms with van der Waals surface area (Å²) < 4.78 is 0. The summed E-state index contributed by atoms with van der Waals surface area (Å²) in [5.74, 6) is 0.165. The summed E-state index contributed by atoms with van der Waals surface area (Å²) in [5.41, 5.74) is 1.68. The van der Waals surface area contributed by atoms with E-state index >= 15 is 0 Å². The maximum absolute atomic E-state index is 11.7. The molecule has 3 N–H and O–H groups in total. The summed E-state index contributed by atoms with van der Waals surface area (Å²) in [4.78, 5) is 24.8. The van der Waals surface area contributed by atoms with E-state index in [2.05, 4.69) is 16.0 Å². The highest BCUT2D eigenvalue weighted by molar-refractivity contribution is 5.89. The number of carbonyl (C=O) groups excluding carboxylic acids is 2. The predicted octanol–water partition coefficient (Wildman–Crippen LogP) is 0.616. The average molecular weight is 276 g/mol. The van der Waals surface area contributed by atoms with E-state index in [-0.39, 0.29) is 17.9 Å². The first-order valence-corrected chi connectivity index (χ1v) is 6.62. The molecule has 2 rings (SSSR count). The number of hydrogen-bond donors (Lipinski definition) is 3. The predicted molar refractivity (Wildman–Crippen MR) is 77.4 cm³/mol. The Kier molecular flexibility index (Phi) is 4.57. The van der Waals surface area contributed by atoms with Crippen molar-refractivity contribution in [3.63, 3.8) is 0 Å². The molecule has 1 aromatic carbocycles. The van der Waals surface area contributed by atoms with Gasteiger partial charge in [-0.05, 0) is 17.7 Å². The van der Waals surface area contributed by atoms with Crippen molar-refractivity contribution in [2.45, 2.75) is 6.54 Å². The molecular formula is C14H20N4O2. The molecule has 0 aromatic heterocycles. The van der Waals surface area contributed by atoms with Crippen LogP contribution in [0.2, 0.25) is 0 Å². The third-order valence-electron chi connectivity index (χ3n) is 3.20. The van der Waals surface area contributed by atoms with Crippen molar-refractivity contribution in [2.75, 3.05) is 32.5 Å². The van der Waals surface area contributed by atoms with Gasteiger partial charge in [0.25, 0.3) is 0 Å². The van der Waals surface area contributed by atoms with Gasteiger partial charge in [-0.15, -0.1) is 0 Å². The Morgan fingerprint density at radius 2 is 2.10 bits per heavy atom. The molecule has 108 valence electrons. The zero-order valence-corrected chi connectivity index (χ0v) is 11.8. The van der Waals surface area contributed by atoms with Crippen LogP contribution in [0, 0.1) is 5.92 Å². The van der Waals surface area contributed by atoms with Crippen molar-refractivity contribution < 1.29 is 9.59 Å². The number of amides is 3. The van der Waals surface area contributed by atoms with Crippen molar-refractivity contribution in [1.29, 1.82) is 0 Å². The Morgan fingerprint density at radius 1 is 1.35 bits per heavy atom. The molecule has 1 aliphatic heterocycles. The number of carbonyl (C=O) groups is 2. The van der Waals surface area contributed by atoms with Crippen LogP contribution < -0.4 is 16.0 Å². The summed E-state index contributed by atoms with van der Waals surface area (Å²) in [5, 5.41) is 8.75. The van der Waals surface area contributed by atoms with Crippen LogP contribution in [0.3, 0.4) is 0 Å². The van der Waals surface area contributed by atoms with Gasteiger partial charge in [-0.1, -0.05) is 12.1 Å². The lowest BCUT2D eigenvalue weighted by atomic mass is 10.0. The minimum absolute atomic E-state index is 0.0754. The Hall–Kier alpha value is -2.08. The van der Waals surface area contributed by atoms with Crippen molar-refractivity contribution >= 4 is 17.6 Å². The van der Waals surface area contributed by atoms with Crippen LogP contribution in [0.4, 0.5) is 10.5 Å². The van der Waals surface area contributed by atoms with Crippen LogP contribution in [0.15, 0.2) is 24.3 Å². The van der Waals surface area contributed by atoms with Gasteiger partial charge in [-0.2, -0.15) is 0 Å². The molecule has 0 radical (unpaired) electrons. The number of anilines is 1. The SMILES string of the molecule is CN(C)C(=O)Nc1cccc(CNC(=O)C2CNC2)c1. The number of benzene rings is 1. The van der Waals surface area contributed by atoms with Crippen LogP contribution in [0.1, 0.15) is 5.56 Å². The quantitative estimate of drug-likeness (QED) is 0.754. The zero-order chi connectivity index (χ0) is 14.5. The van der Waals surface area contributed by atoms with Gasteiger partial charge in [0.15, 0.2) is 0 Å². The fraction of sp³-hybridized carbons (Fsp3) is 0.429. The molecule has 1 heterocycles. The highest BCUT2D eigenvalue weighted by Crippen LogP contribution is 2.11. The highest BCUT2D eigenvalue weighted by atomic mass is 16.2. The monoisotopic (exact) mass is 276 g/mol. The Morgan fingerprint density at radius 3 is 2.70 bits per heavy atom. The second kappa shape index (κ2) is 6.38. The molecule has 6 nitrogen and oxygen atoms in total. The maximum atomic E-state index is 11.7. The van der Waals surface area contributed by atoms with Gasteiger partial charge < -0.3 is 20.9 Å². The van der Waals surface area contributed by atoms with Crippen LogP contribution in [-0.4, -0.2) is 44.0 Å². The van der Waals surface area contributed by atoms with E-state index in [0.717, 1.165) is 24.3 Å².